The molecule has 0 heterocycles. The SMILES string of the molecule is CC#CC#CCCOC(=O)CCCCC(=O)OCCC#CC#CC. The summed E-state index contributed by atoms with van der Waals surface area (Å²) in [4.78, 5) is 22.9. The maximum atomic E-state index is 11.4. The van der Waals surface area contributed by atoms with Crippen molar-refractivity contribution >= 4 is 11.9 Å². The summed E-state index contributed by atoms with van der Waals surface area (Å²) in [5.74, 6) is 20.8. The Hall–Kier alpha value is -2.82. The Bertz CT molecular complexity index is 572. The number of carbonyl (C=O) groups is 2. The number of unbranched alkanes of at least 4 members (excludes halogenated alkanes) is 1. The fourth-order valence-corrected chi connectivity index (χ4v) is 1.45. The summed E-state index contributed by atoms with van der Waals surface area (Å²) in [6, 6.07) is 0. The molecule has 0 unspecified atom stereocenters. The first-order chi connectivity index (χ1) is 11.7. The van der Waals surface area contributed by atoms with Gasteiger partial charge >= 0.3 is 11.9 Å². The lowest BCUT2D eigenvalue weighted by Gasteiger charge is -2.03. The number of esters is 2. The van der Waals surface area contributed by atoms with Crippen LogP contribution in [-0.4, -0.2) is 25.2 Å². The van der Waals surface area contributed by atoms with Crippen molar-refractivity contribution < 1.29 is 19.1 Å². The van der Waals surface area contributed by atoms with E-state index >= 15 is 0 Å². The van der Waals surface area contributed by atoms with Gasteiger partial charge in [-0.05, 0) is 50.4 Å². The van der Waals surface area contributed by atoms with E-state index in [1.165, 1.54) is 0 Å². The molecule has 0 amide bonds. The fourth-order valence-electron chi connectivity index (χ4n) is 1.45. The van der Waals surface area contributed by atoms with E-state index in [9.17, 15) is 9.59 Å². The lowest BCUT2D eigenvalue weighted by atomic mass is 10.2. The van der Waals surface area contributed by atoms with Gasteiger partial charge in [0.15, 0.2) is 0 Å². The lowest BCUT2D eigenvalue weighted by molar-refractivity contribution is -0.145. The van der Waals surface area contributed by atoms with Crippen LogP contribution in [0.15, 0.2) is 0 Å². The maximum Gasteiger partial charge on any atom is 0.305 e. The molecular formula is C20H22O4. The van der Waals surface area contributed by atoms with Crippen molar-refractivity contribution in [1.82, 2.24) is 0 Å². The normalized spacial score (nSPS) is 7.92. The molecule has 24 heavy (non-hydrogen) atoms. The van der Waals surface area contributed by atoms with Gasteiger partial charge in [0.1, 0.15) is 13.2 Å². The molecule has 0 aromatic heterocycles. The number of hydrogen-bond acceptors (Lipinski definition) is 4. The Morgan fingerprint density at radius 3 is 1.50 bits per heavy atom. The van der Waals surface area contributed by atoms with E-state index in [-0.39, 0.29) is 38.0 Å². The molecule has 0 aliphatic rings. The summed E-state index contributed by atoms with van der Waals surface area (Å²) in [5, 5.41) is 0. The van der Waals surface area contributed by atoms with E-state index < -0.39 is 0 Å². The smallest absolute Gasteiger partial charge is 0.305 e. The monoisotopic (exact) mass is 326 g/mol. The Morgan fingerprint density at radius 1 is 0.708 bits per heavy atom. The van der Waals surface area contributed by atoms with Crippen LogP contribution in [0.1, 0.15) is 52.4 Å². The van der Waals surface area contributed by atoms with Crippen molar-refractivity contribution in [1.29, 1.82) is 0 Å². The fraction of sp³-hybridized carbons (Fsp3) is 0.500. The molecule has 0 spiro atoms. The van der Waals surface area contributed by atoms with Crippen molar-refractivity contribution in [3.8, 4) is 47.4 Å². The van der Waals surface area contributed by atoms with Gasteiger partial charge in [0.25, 0.3) is 0 Å². The zero-order chi connectivity index (χ0) is 17.9. The first kappa shape index (κ1) is 21.2. The minimum absolute atomic E-state index is 0.267. The lowest BCUT2D eigenvalue weighted by Crippen LogP contribution is -2.07. The Morgan fingerprint density at radius 2 is 1.12 bits per heavy atom. The largest absolute Gasteiger partial charge is 0.465 e. The van der Waals surface area contributed by atoms with Gasteiger partial charge in [0, 0.05) is 25.7 Å². The van der Waals surface area contributed by atoms with Crippen molar-refractivity contribution in [2.45, 2.75) is 52.4 Å². The standard InChI is InChI=1S/C20H22O4/c1-3-5-7-9-13-17-23-19(21)15-11-12-16-20(22)24-18-14-10-8-6-4-2/h11-18H2,1-2H3. The van der Waals surface area contributed by atoms with Crippen molar-refractivity contribution in [3.05, 3.63) is 0 Å². The highest BCUT2D eigenvalue weighted by molar-refractivity contribution is 5.70. The average Bonchev–Trinajstić information content (AvgIpc) is 2.58. The van der Waals surface area contributed by atoms with Gasteiger partial charge in [0.05, 0.1) is 0 Å². The van der Waals surface area contributed by atoms with Gasteiger partial charge < -0.3 is 9.47 Å². The number of rotatable bonds is 9. The Kier molecular flexibility index (Phi) is 14.6. The van der Waals surface area contributed by atoms with E-state index in [0.717, 1.165) is 0 Å². The number of hydrogen-bond donors (Lipinski definition) is 0. The predicted molar refractivity (Wildman–Crippen MR) is 92.1 cm³/mol. The molecule has 0 saturated heterocycles. The number of carbonyl (C=O) groups excluding carboxylic acids is 2. The summed E-state index contributed by atoms with van der Waals surface area (Å²) in [7, 11) is 0. The van der Waals surface area contributed by atoms with Gasteiger partial charge in [-0.2, -0.15) is 0 Å². The second-order valence-electron chi connectivity index (χ2n) is 4.50. The minimum atomic E-state index is -0.279. The Labute approximate surface area is 144 Å². The summed E-state index contributed by atoms with van der Waals surface area (Å²) < 4.78 is 10.0. The summed E-state index contributed by atoms with van der Waals surface area (Å²) in [6.45, 7) is 3.95. The molecule has 4 nitrogen and oxygen atoms in total. The summed E-state index contributed by atoms with van der Waals surface area (Å²) in [5.41, 5.74) is 0. The molecule has 0 aromatic carbocycles. The molecule has 4 heteroatoms. The van der Waals surface area contributed by atoms with Crippen molar-refractivity contribution in [3.63, 3.8) is 0 Å². The third kappa shape index (κ3) is 15.6. The molecule has 0 fully saturated rings. The van der Waals surface area contributed by atoms with Crippen molar-refractivity contribution in [2.24, 2.45) is 0 Å². The van der Waals surface area contributed by atoms with Crippen LogP contribution in [0.5, 0.6) is 0 Å². The highest BCUT2D eigenvalue weighted by Crippen LogP contribution is 2.03. The quantitative estimate of drug-likeness (QED) is 0.371. The molecule has 0 radical (unpaired) electrons. The molecule has 0 atom stereocenters. The van der Waals surface area contributed by atoms with Gasteiger partial charge in [0.2, 0.25) is 0 Å². The molecule has 126 valence electrons. The van der Waals surface area contributed by atoms with E-state index in [0.29, 0.717) is 25.7 Å². The van der Waals surface area contributed by atoms with E-state index in [1.54, 1.807) is 13.8 Å². The maximum absolute atomic E-state index is 11.4. The van der Waals surface area contributed by atoms with Gasteiger partial charge in [-0.25, -0.2) is 0 Å². The van der Waals surface area contributed by atoms with Gasteiger partial charge in [-0.15, -0.1) is 0 Å². The first-order valence-corrected chi connectivity index (χ1v) is 7.81. The highest BCUT2D eigenvalue weighted by atomic mass is 16.5. The first-order valence-electron chi connectivity index (χ1n) is 7.81. The van der Waals surface area contributed by atoms with Crippen LogP contribution < -0.4 is 0 Å². The van der Waals surface area contributed by atoms with Gasteiger partial charge in [-0.3, -0.25) is 9.59 Å². The molecule has 0 bridgehead atoms. The minimum Gasteiger partial charge on any atom is -0.465 e. The van der Waals surface area contributed by atoms with Crippen LogP contribution in [0.3, 0.4) is 0 Å². The molecule has 0 aliphatic carbocycles. The summed E-state index contributed by atoms with van der Waals surface area (Å²) >= 11 is 0. The van der Waals surface area contributed by atoms with Crippen LogP contribution in [0.25, 0.3) is 0 Å². The van der Waals surface area contributed by atoms with Crippen LogP contribution >= 0.6 is 0 Å². The molecule has 0 aliphatic heterocycles. The summed E-state index contributed by atoms with van der Waals surface area (Å²) in [6.07, 6.45) is 2.70. The highest BCUT2D eigenvalue weighted by Gasteiger charge is 2.05. The second kappa shape index (κ2) is 16.5. The molecule has 0 N–H and O–H groups in total. The Balaban J connectivity index is 3.56. The zero-order valence-electron chi connectivity index (χ0n) is 14.3. The third-order valence-corrected chi connectivity index (χ3v) is 2.54. The molecule has 0 rings (SSSR count). The molecule has 0 aromatic rings. The average molecular weight is 326 g/mol. The molecule has 0 saturated carbocycles. The molecular weight excluding hydrogens is 304 g/mol. The van der Waals surface area contributed by atoms with Crippen LogP contribution in [-0.2, 0) is 19.1 Å². The van der Waals surface area contributed by atoms with E-state index in [4.69, 9.17) is 9.47 Å². The second-order valence-corrected chi connectivity index (χ2v) is 4.50. The van der Waals surface area contributed by atoms with Crippen LogP contribution in [0, 0.1) is 47.4 Å². The zero-order valence-corrected chi connectivity index (χ0v) is 14.3. The van der Waals surface area contributed by atoms with Crippen LogP contribution in [0.4, 0.5) is 0 Å². The van der Waals surface area contributed by atoms with E-state index in [2.05, 4.69) is 47.4 Å². The van der Waals surface area contributed by atoms with Crippen molar-refractivity contribution in [2.75, 3.05) is 13.2 Å². The van der Waals surface area contributed by atoms with Gasteiger partial charge in [-0.1, -0.05) is 23.7 Å². The third-order valence-electron chi connectivity index (χ3n) is 2.54. The van der Waals surface area contributed by atoms with Crippen LogP contribution in [0.2, 0.25) is 0 Å². The predicted octanol–water partition coefficient (Wildman–Crippen LogP) is 2.47. The number of ether oxygens (including phenoxy) is 2. The topological polar surface area (TPSA) is 52.6 Å². The van der Waals surface area contributed by atoms with E-state index in [1.807, 2.05) is 0 Å².